The van der Waals surface area contributed by atoms with E-state index in [0.29, 0.717) is 12.8 Å². The Morgan fingerprint density at radius 2 is 0.558 bits per heavy atom. The summed E-state index contributed by atoms with van der Waals surface area (Å²) in [6.45, 7) is 4.03. The van der Waals surface area contributed by atoms with Crippen molar-refractivity contribution in [3.05, 3.63) is 97.2 Å². The molecule has 77 heavy (non-hydrogen) atoms. The molecular weight excluding hydrogens is 945 g/mol. The minimum atomic E-state index is -0.802. The SMILES string of the molecule is CC/C=C\C/C=C\C/C=C\C/C=C\C/C=C\C/C=C\C/C=C\C/C=C\CCCCC(=O)OC(CO)COC(=O)CCCCCCCCCCCCCCCCCCCCCCCCCCCCCCCCCCCCCC. The number of unbranched alkanes of at least 4 members (excludes halogenated alkanes) is 37. The molecule has 1 N–H and O–H groups in total. The molecule has 0 spiro atoms. The summed E-state index contributed by atoms with van der Waals surface area (Å²) < 4.78 is 10.7. The van der Waals surface area contributed by atoms with Crippen LogP contribution in [0.2, 0.25) is 0 Å². The van der Waals surface area contributed by atoms with Crippen molar-refractivity contribution in [2.75, 3.05) is 13.2 Å². The lowest BCUT2D eigenvalue weighted by atomic mass is 10.0. The molecule has 0 fully saturated rings. The summed E-state index contributed by atoms with van der Waals surface area (Å²) in [5, 5.41) is 9.67. The van der Waals surface area contributed by atoms with Crippen LogP contribution >= 0.6 is 0 Å². The lowest BCUT2D eigenvalue weighted by Gasteiger charge is -2.15. The third-order valence-electron chi connectivity index (χ3n) is 14.6. The molecule has 0 saturated heterocycles. The topological polar surface area (TPSA) is 72.8 Å². The number of aliphatic hydroxyl groups excluding tert-OH is 1. The summed E-state index contributed by atoms with van der Waals surface area (Å²) in [5.74, 6) is -0.635. The molecule has 0 bridgehead atoms. The van der Waals surface area contributed by atoms with Gasteiger partial charge in [0.1, 0.15) is 6.61 Å². The lowest BCUT2D eigenvalue weighted by Crippen LogP contribution is -2.28. The van der Waals surface area contributed by atoms with Crippen LogP contribution < -0.4 is 0 Å². The number of hydrogen-bond donors (Lipinski definition) is 1. The summed E-state index contributed by atoms with van der Waals surface area (Å²) in [4.78, 5) is 24.6. The highest BCUT2D eigenvalue weighted by Crippen LogP contribution is 2.18. The molecule has 0 radical (unpaired) electrons. The summed E-state index contributed by atoms with van der Waals surface area (Å²) in [6.07, 6.45) is 95.8. The second-order valence-corrected chi connectivity index (χ2v) is 22.2. The maximum Gasteiger partial charge on any atom is 0.306 e. The van der Waals surface area contributed by atoms with Crippen molar-refractivity contribution in [2.24, 2.45) is 0 Å². The fourth-order valence-corrected chi connectivity index (χ4v) is 9.69. The highest BCUT2D eigenvalue weighted by Gasteiger charge is 2.16. The van der Waals surface area contributed by atoms with E-state index >= 15 is 0 Å². The molecule has 444 valence electrons. The average molecular weight is 1070 g/mol. The van der Waals surface area contributed by atoms with Gasteiger partial charge in [-0.3, -0.25) is 9.59 Å². The zero-order valence-electron chi connectivity index (χ0n) is 51.0. The molecule has 1 unspecified atom stereocenters. The van der Waals surface area contributed by atoms with Crippen LogP contribution in [0.4, 0.5) is 0 Å². The molecule has 0 aliphatic rings. The van der Waals surface area contributed by atoms with E-state index in [2.05, 4.69) is 111 Å². The van der Waals surface area contributed by atoms with E-state index in [-0.39, 0.29) is 25.2 Å². The van der Waals surface area contributed by atoms with Gasteiger partial charge < -0.3 is 14.6 Å². The number of rotatable bonds is 61. The highest BCUT2D eigenvalue weighted by atomic mass is 16.6. The summed E-state index contributed by atoms with van der Waals surface area (Å²) in [5.41, 5.74) is 0. The predicted molar refractivity (Wildman–Crippen MR) is 339 cm³/mol. The van der Waals surface area contributed by atoms with Crippen LogP contribution in [-0.2, 0) is 19.1 Å². The Kier molecular flexibility index (Phi) is 64.3. The molecule has 0 heterocycles. The van der Waals surface area contributed by atoms with Gasteiger partial charge in [0.25, 0.3) is 0 Å². The molecule has 1 atom stereocenters. The van der Waals surface area contributed by atoms with E-state index in [1.165, 1.54) is 212 Å². The Labute approximate surface area is 478 Å². The molecule has 0 aromatic rings. The van der Waals surface area contributed by atoms with Crippen molar-refractivity contribution < 1.29 is 24.2 Å². The van der Waals surface area contributed by atoms with Gasteiger partial charge in [0.15, 0.2) is 6.10 Å². The first-order chi connectivity index (χ1) is 38.1. The van der Waals surface area contributed by atoms with E-state index in [0.717, 1.165) is 89.9 Å². The van der Waals surface area contributed by atoms with Crippen molar-refractivity contribution >= 4 is 11.9 Å². The van der Waals surface area contributed by atoms with Gasteiger partial charge in [-0.1, -0.05) is 336 Å². The second kappa shape index (κ2) is 67.1. The Morgan fingerprint density at radius 3 is 0.844 bits per heavy atom. The van der Waals surface area contributed by atoms with Crippen molar-refractivity contribution in [1.82, 2.24) is 0 Å². The van der Waals surface area contributed by atoms with Crippen molar-refractivity contribution in [3.63, 3.8) is 0 Å². The highest BCUT2D eigenvalue weighted by molar-refractivity contribution is 5.70. The first-order valence-electron chi connectivity index (χ1n) is 33.3. The van der Waals surface area contributed by atoms with Crippen LogP contribution in [0.25, 0.3) is 0 Å². The number of aliphatic hydroxyl groups is 1. The standard InChI is InChI=1S/C72H126O5/c1-3-5-7-9-11-13-15-17-19-21-23-25-27-29-31-32-33-34-35-36-37-38-39-41-42-44-46-48-50-52-54-56-58-60-62-64-66-71(74)76-69-70(68-73)77-72(75)67-65-63-61-59-57-55-53-51-49-47-45-43-40-30-28-26-24-22-20-18-16-14-12-10-8-6-4-2/h6,8,12,14,18,20,24,26,30,40,45,47,51,53,57,59,70,73H,3-5,7,9-11,13,15-17,19,21-23,25,27-29,31-39,41-44,46,48-50,52,54-56,58,60-69H2,1-2H3/b8-6-,14-12-,20-18-,26-24-,40-30-,47-45-,53-51-,59-57-. The molecule has 5 nitrogen and oxygen atoms in total. The minimum absolute atomic E-state index is 0.0862. The third kappa shape index (κ3) is 65.2. The fourth-order valence-electron chi connectivity index (χ4n) is 9.69. The van der Waals surface area contributed by atoms with Crippen LogP contribution in [0.3, 0.4) is 0 Å². The predicted octanol–water partition coefficient (Wildman–Crippen LogP) is 23.0. The molecule has 0 rings (SSSR count). The molecule has 0 saturated carbocycles. The molecule has 0 aromatic heterocycles. The van der Waals surface area contributed by atoms with E-state index in [1.807, 2.05) is 0 Å². The van der Waals surface area contributed by atoms with Crippen LogP contribution in [0.5, 0.6) is 0 Å². The quantitative estimate of drug-likeness (QED) is 0.0373. The van der Waals surface area contributed by atoms with Gasteiger partial charge in [0.05, 0.1) is 6.61 Å². The summed E-state index contributed by atoms with van der Waals surface area (Å²) >= 11 is 0. The van der Waals surface area contributed by atoms with Crippen molar-refractivity contribution in [1.29, 1.82) is 0 Å². The van der Waals surface area contributed by atoms with Gasteiger partial charge in [0.2, 0.25) is 0 Å². The van der Waals surface area contributed by atoms with Crippen molar-refractivity contribution in [2.45, 2.75) is 335 Å². The molecule has 0 amide bonds. The van der Waals surface area contributed by atoms with E-state index in [1.54, 1.807) is 0 Å². The Bertz CT molecular complexity index is 1450. The van der Waals surface area contributed by atoms with E-state index in [9.17, 15) is 14.7 Å². The first-order valence-corrected chi connectivity index (χ1v) is 33.3. The van der Waals surface area contributed by atoms with Gasteiger partial charge in [0, 0.05) is 12.8 Å². The summed E-state index contributed by atoms with van der Waals surface area (Å²) in [7, 11) is 0. The smallest absolute Gasteiger partial charge is 0.306 e. The van der Waals surface area contributed by atoms with E-state index in [4.69, 9.17) is 9.47 Å². The van der Waals surface area contributed by atoms with Gasteiger partial charge in [-0.25, -0.2) is 0 Å². The number of carbonyl (C=O) groups excluding carboxylic acids is 2. The van der Waals surface area contributed by atoms with Gasteiger partial charge in [-0.15, -0.1) is 0 Å². The summed E-state index contributed by atoms with van der Waals surface area (Å²) in [6, 6.07) is 0. The normalized spacial score (nSPS) is 12.8. The van der Waals surface area contributed by atoms with Crippen LogP contribution in [0.15, 0.2) is 97.2 Å². The lowest BCUT2D eigenvalue weighted by molar-refractivity contribution is -0.161. The van der Waals surface area contributed by atoms with Crippen molar-refractivity contribution in [3.8, 4) is 0 Å². The number of esters is 2. The maximum atomic E-state index is 12.3. The largest absolute Gasteiger partial charge is 0.462 e. The monoisotopic (exact) mass is 1070 g/mol. The van der Waals surface area contributed by atoms with Gasteiger partial charge >= 0.3 is 11.9 Å². The molecule has 5 heteroatoms. The average Bonchev–Trinajstić information content (AvgIpc) is 3.43. The minimum Gasteiger partial charge on any atom is -0.462 e. The van der Waals surface area contributed by atoms with Gasteiger partial charge in [-0.05, 0) is 77.0 Å². The Morgan fingerprint density at radius 1 is 0.312 bits per heavy atom. The number of hydrogen-bond acceptors (Lipinski definition) is 5. The van der Waals surface area contributed by atoms with Crippen LogP contribution in [0, 0.1) is 0 Å². The molecule has 0 aliphatic carbocycles. The zero-order chi connectivity index (χ0) is 55.5. The fraction of sp³-hybridized carbons (Fsp3) is 0.750. The molecular formula is C72H126O5. The number of carbonyl (C=O) groups is 2. The molecule has 0 aromatic carbocycles. The zero-order valence-corrected chi connectivity index (χ0v) is 51.0. The second-order valence-electron chi connectivity index (χ2n) is 22.2. The Hall–Kier alpha value is -3.18. The number of ether oxygens (including phenoxy) is 2. The van der Waals surface area contributed by atoms with Crippen LogP contribution in [0.1, 0.15) is 328 Å². The Balaban J connectivity index is 3.49. The van der Waals surface area contributed by atoms with Gasteiger partial charge in [-0.2, -0.15) is 0 Å². The van der Waals surface area contributed by atoms with Crippen LogP contribution in [-0.4, -0.2) is 36.4 Å². The third-order valence-corrected chi connectivity index (χ3v) is 14.6. The van der Waals surface area contributed by atoms with E-state index < -0.39 is 6.10 Å². The number of allylic oxidation sites excluding steroid dienone is 16. The maximum absolute atomic E-state index is 12.3. The first kappa shape index (κ1) is 73.8. The molecule has 0 aliphatic heterocycles.